The number of hydrogen-bond acceptors (Lipinski definition) is 1. The zero-order valence-electron chi connectivity index (χ0n) is 7.58. The molecular formula is C12H9NO. The normalized spacial score (nSPS) is 13.4. The standard InChI is InChI=1S/C12H9NO/c14-12-10-5-2-1-4-8(10)9-6-3-7-11(9)13-12/h1-6H,7H2,(H,13,14). The molecule has 2 aromatic rings. The molecule has 0 fully saturated rings. The van der Waals surface area contributed by atoms with Gasteiger partial charge in [-0.05, 0) is 11.5 Å². The Morgan fingerprint density at radius 1 is 1.14 bits per heavy atom. The number of aromatic nitrogens is 1. The van der Waals surface area contributed by atoms with Crippen molar-refractivity contribution in [2.75, 3.05) is 0 Å². The lowest BCUT2D eigenvalue weighted by atomic mass is 10.1. The van der Waals surface area contributed by atoms with E-state index in [0.717, 1.165) is 22.9 Å². The number of hydrogen-bond donors (Lipinski definition) is 1. The molecule has 1 N–H and O–H groups in total. The van der Waals surface area contributed by atoms with Gasteiger partial charge in [-0.25, -0.2) is 0 Å². The molecule has 1 aromatic carbocycles. The Kier molecular flexibility index (Phi) is 1.39. The van der Waals surface area contributed by atoms with Crippen LogP contribution >= 0.6 is 0 Å². The molecule has 1 aliphatic rings. The van der Waals surface area contributed by atoms with Gasteiger partial charge in [-0.2, -0.15) is 0 Å². The second kappa shape index (κ2) is 2.58. The summed E-state index contributed by atoms with van der Waals surface area (Å²) in [5, 5.41) is 1.83. The molecule has 1 heterocycles. The lowest BCUT2D eigenvalue weighted by Crippen LogP contribution is -2.09. The van der Waals surface area contributed by atoms with E-state index in [1.54, 1.807) is 0 Å². The van der Waals surface area contributed by atoms with E-state index in [-0.39, 0.29) is 5.56 Å². The maximum atomic E-state index is 11.7. The first-order valence-corrected chi connectivity index (χ1v) is 4.67. The highest BCUT2D eigenvalue weighted by atomic mass is 16.1. The van der Waals surface area contributed by atoms with Crippen molar-refractivity contribution in [3.8, 4) is 0 Å². The average molecular weight is 183 g/mol. The van der Waals surface area contributed by atoms with Crippen molar-refractivity contribution in [3.63, 3.8) is 0 Å². The second-order valence-corrected chi connectivity index (χ2v) is 3.50. The molecule has 0 spiro atoms. The van der Waals surface area contributed by atoms with Crippen molar-refractivity contribution < 1.29 is 0 Å². The van der Waals surface area contributed by atoms with Crippen LogP contribution in [0.1, 0.15) is 11.3 Å². The maximum Gasteiger partial charge on any atom is 0.256 e. The minimum atomic E-state index is 0.0167. The Morgan fingerprint density at radius 3 is 2.79 bits per heavy atom. The Bertz CT molecular complexity index is 593. The summed E-state index contributed by atoms with van der Waals surface area (Å²) in [6, 6.07) is 7.72. The molecule has 0 aliphatic heterocycles. The fraction of sp³-hybridized carbons (Fsp3) is 0.0833. The number of nitrogens with one attached hydrogen (secondary N) is 1. The van der Waals surface area contributed by atoms with Crippen molar-refractivity contribution in [2.24, 2.45) is 0 Å². The van der Waals surface area contributed by atoms with E-state index in [1.807, 2.05) is 24.3 Å². The highest BCUT2D eigenvalue weighted by Crippen LogP contribution is 2.23. The molecule has 0 bridgehead atoms. The van der Waals surface area contributed by atoms with Crippen LogP contribution in [-0.4, -0.2) is 4.98 Å². The fourth-order valence-corrected chi connectivity index (χ4v) is 2.00. The van der Waals surface area contributed by atoms with E-state index in [9.17, 15) is 4.79 Å². The average Bonchev–Trinajstić information content (AvgIpc) is 2.66. The lowest BCUT2D eigenvalue weighted by molar-refractivity contribution is 1.11. The van der Waals surface area contributed by atoms with Crippen LogP contribution < -0.4 is 5.56 Å². The van der Waals surface area contributed by atoms with Gasteiger partial charge in [0, 0.05) is 23.1 Å². The zero-order chi connectivity index (χ0) is 9.54. The monoisotopic (exact) mass is 183 g/mol. The fourth-order valence-electron chi connectivity index (χ4n) is 2.00. The van der Waals surface area contributed by atoms with Gasteiger partial charge in [0.05, 0.1) is 0 Å². The van der Waals surface area contributed by atoms with E-state index in [0.29, 0.717) is 0 Å². The number of H-pyrrole nitrogens is 1. The first-order valence-electron chi connectivity index (χ1n) is 4.67. The van der Waals surface area contributed by atoms with E-state index >= 15 is 0 Å². The van der Waals surface area contributed by atoms with Crippen molar-refractivity contribution in [1.82, 2.24) is 4.98 Å². The highest BCUT2D eigenvalue weighted by molar-refractivity contribution is 5.91. The van der Waals surface area contributed by atoms with Gasteiger partial charge >= 0.3 is 0 Å². The Balaban J connectivity index is 2.59. The molecule has 2 heteroatoms. The number of allylic oxidation sites excluding steroid dienone is 1. The summed E-state index contributed by atoms with van der Waals surface area (Å²) in [4.78, 5) is 14.6. The number of rotatable bonds is 0. The minimum Gasteiger partial charge on any atom is -0.325 e. The van der Waals surface area contributed by atoms with Crippen molar-refractivity contribution >= 4 is 16.8 Å². The first kappa shape index (κ1) is 7.56. The molecule has 1 aromatic heterocycles. The van der Waals surface area contributed by atoms with Crippen LogP contribution in [0.5, 0.6) is 0 Å². The van der Waals surface area contributed by atoms with Crippen LogP contribution in [0.2, 0.25) is 0 Å². The third kappa shape index (κ3) is 0.880. The predicted octanol–water partition coefficient (Wildman–Crippen LogP) is 2.10. The summed E-state index contributed by atoms with van der Waals surface area (Å²) in [7, 11) is 0. The van der Waals surface area contributed by atoms with Gasteiger partial charge in [0.2, 0.25) is 0 Å². The van der Waals surface area contributed by atoms with Crippen molar-refractivity contribution in [2.45, 2.75) is 6.42 Å². The summed E-state index contributed by atoms with van der Waals surface area (Å²) >= 11 is 0. The molecule has 14 heavy (non-hydrogen) atoms. The van der Waals surface area contributed by atoms with Crippen LogP contribution in [0.3, 0.4) is 0 Å². The van der Waals surface area contributed by atoms with Gasteiger partial charge in [0.1, 0.15) is 0 Å². The molecule has 68 valence electrons. The Labute approximate surface area is 80.9 Å². The molecule has 0 saturated heterocycles. The maximum absolute atomic E-state index is 11.7. The van der Waals surface area contributed by atoms with Crippen molar-refractivity contribution in [3.05, 3.63) is 52.0 Å². The quantitative estimate of drug-likeness (QED) is 0.666. The van der Waals surface area contributed by atoms with Crippen LogP contribution in [0.15, 0.2) is 35.1 Å². The predicted molar refractivity (Wildman–Crippen MR) is 57.3 cm³/mol. The number of benzene rings is 1. The summed E-state index contributed by atoms with van der Waals surface area (Å²) in [5.41, 5.74) is 2.22. The molecule has 0 saturated carbocycles. The zero-order valence-corrected chi connectivity index (χ0v) is 7.58. The molecule has 3 rings (SSSR count). The van der Waals surface area contributed by atoms with E-state index in [4.69, 9.17) is 0 Å². The third-order valence-electron chi connectivity index (χ3n) is 2.66. The third-order valence-corrected chi connectivity index (χ3v) is 2.66. The minimum absolute atomic E-state index is 0.0167. The number of pyridine rings is 1. The largest absolute Gasteiger partial charge is 0.325 e. The van der Waals surface area contributed by atoms with Gasteiger partial charge in [-0.3, -0.25) is 4.79 Å². The Morgan fingerprint density at radius 2 is 1.93 bits per heavy atom. The lowest BCUT2D eigenvalue weighted by Gasteiger charge is -2.03. The molecule has 0 amide bonds. The van der Waals surface area contributed by atoms with E-state index < -0.39 is 0 Å². The smallest absolute Gasteiger partial charge is 0.256 e. The molecule has 2 nitrogen and oxygen atoms in total. The summed E-state index contributed by atoms with van der Waals surface area (Å²) in [6.45, 7) is 0. The Hall–Kier alpha value is -1.83. The molecule has 0 atom stereocenters. The summed E-state index contributed by atoms with van der Waals surface area (Å²) in [5.74, 6) is 0. The van der Waals surface area contributed by atoms with Gasteiger partial charge in [0.25, 0.3) is 5.56 Å². The first-order chi connectivity index (χ1) is 6.86. The topological polar surface area (TPSA) is 32.9 Å². The summed E-state index contributed by atoms with van der Waals surface area (Å²) < 4.78 is 0. The molecule has 1 aliphatic carbocycles. The number of fused-ring (bicyclic) bond motifs is 3. The molecule has 0 radical (unpaired) electrons. The van der Waals surface area contributed by atoms with E-state index in [2.05, 4.69) is 17.1 Å². The van der Waals surface area contributed by atoms with Crippen molar-refractivity contribution in [1.29, 1.82) is 0 Å². The van der Waals surface area contributed by atoms with Crippen LogP contribution in [0.4, 0.5) is 0 Å². The van der Waals surface area contributed by atoms with Crippen LogP contribution in [0.25, 0.3) is 16.8 Å². The SMILES string of the molecule is O=c1[nH]c2c(c3ccccc13)C=CC2. The second-order valence-electron chi connectivity index (χ2n) is 3.50. The van der Waals surface area contributed by atoms with E-state index in [1.165, 1.54) is 5.56 Å². The van der Waals surface area contributed by atoms with Crippen LogP contribution in [-0.2, 0) is 6.42 Å². The summed E-state index contributed by atoms with van der Waals surface area (Å²) in [6.07, 6.45) is 5.00. The van der Waals surface area contributed by atoms with Gasteiger partial charge in [-0.15, -0.1) is 0 Å². The van der Waals surface area contributed by atoms with Gasteiger partial charge in [0.15, 0.2) is 0 Å². The molecule has 0 unspecified atom stereocenters. The van der Waals surface area contributed by atoms with Crippen LogP contribution in [0, 0.1) is 0 Å². The van der Waals surface area contributed by atoms with Gasteiger partial charge in [-0.1, -0.05) is 30.4 Å². The molecular weight excluding hydrogens is 174 g/mol. The van der Waals surface area contributed by atoms with Gasteiger partial charge < -0.3 is 4.98 Å². The highest BCUT2D eigenvalue weighted by Gasteiger charge is 2.10. The number of aromatic amines is 1.